The Hall–Kier alpha value is -2.45. The fourth-order valence-electron chi connectivity index (χ4n) is 4.98. The summed E-state index contributed by atoms with van der Waals surface area (Å²) in [7, 11) is 2.15. The molecule has 4 amide bonds. The Balaban J connectivity index is 1.23. The first-order valence-corrected chi connectivity index (χ1v) is 11.8. The predicted molar refractivity (Wildman–Crippen MR) is 122 cm³/mol. The van der Waals surface area contributed by atoms with E-state index in [2.05, 4.69) is 39.6 Å². The smallest absolute Gasteiger partial charge is 0.325 e. The molecule has 4 rings (SSSR count). The molecule has 32 heavy (non-hydrogen) atoms. The van der Waals surface area contributed by atoms with Crippen LogP contribution in [0.4, 0.5) is 4.79 Å². The Morgan fingerprint density at radius 2 is 1.78 bits per heavy atom. The molecule has 0 atom stereocenters. The highest BCUT2D eigenvalue weighted by Gasteiger charge is 2.51. The lowest BCUT2D eigenvalue weighted by atomic mass is 9.82. The molecule has 1 saturated carbocycles. The van der Waals surface area contributed by atoms with E-state index in [1.165, 1.54) is 10.5 Å². The van der Waals surface area contributed by atoms with Gasteiger partial charge in [0.05, 0.1) is 0 Å². The van der Waals surface area contributed by atoms with Crippen LogP contribution in [0.1, 0.15) is 49.7 Å². The number of benzene rings is 1. The number of piperazine rings is 1. The van der Waals surface area contributed by atoms with Crippen LogP contribution in [0.2, 0.25) is 0 Å². The van der Waals surface area contributed by atoms with E-state index in [-0.39, 0.29) is 30.8 Å². The Kier molecular flexibility index (Phi) is 7.10. The molecule has 2 heterocycles. The molecule has 1 aromatic rings. The number of nitrogens with one attached hydrogen (secondary N) is 2. The average molecular weight is 442 g/mol. The van der Waals surface area contributed by atoms with Gasteiger partial charge in [-0.05, 0) is 31.0 Å². The fraction of sp³-hybridized carbons (Fsp3) is 0.625. The molecule has 3 fully saturated rings. The Morgan fingerprint density at radius 1 is 1.06 bits per heavy atom. The summed E-state index contributed by atoms with van der Waals surface area (Å²) < 4.78 is 0. The van der Waals surface area contributed by atoms with Crippen LogP contribution >= 0.6 is 0 Å². The van der Waals surface area contributed by atoms with Crippen LogP contribution in [0.15, 0.2) is 24.3 Å². The number of urea groups is 1. The van der Waals surface area contributed by atoms with E-state index in [0.717, 1.165) is 57.5 Å². The summed E-state index contributed by atoms with van der Waals surface area (Å²) in [6.45, 7) is 5.82. The van der Waals surface area contributed by atoms with E-state index in [1.54, 1.807) is 0 Å². The molecule has 2 N–H and O–H groups in total. The molecule has 8 heteroatoms. The van der Waals surface area contributed by atoms with E-state index in [9.17, 15) is 14.4 Å². The number of carbonyl (C=O) groups is 3. The SMILES string of the molecule is CN1CCN(Cc2cccc(CNC(=O)CCN3C(=O)NC4(CCCCC4)C3=O)c2)CC1. The number of hydrogen-bond donors (Lipinski definition) is 2. The second-order valence-electron chi connectivity index (χ2n) is 9.46. The monoisotopic (exact) mass is 441 g/mol. The molecule has 1 aliphatic carbocycles. The van der Waals surface area contributed by atoms with E-state index in [0.29, 0.717) is 19.4 Å². The number of hydrogen-bond acceptors (Lipinski definition) is 5. The molecule has 1 aromatic carbocycles. The van der Waals surface area contributed by atoms with Crippen molar-refractivity contribution in [3.05, 3.63) is 35.4 Å². The van der Waals surface area contributed by atoms with Gasteiger partial charge in [0.2, 0.25) is 5.91 Å². The lowest BCUT2D eigenvalue weighted by Gasteiger charge is -2.32. The zero-order chi connectivity index (χ0) is 22.6. The van der Waals surface area contributed by atoms with Crippen molar-refractivity contribution in [3.8, 4) is 0 Å². The maximum atomic E-state index is 12.8. The molecule has 2 saturated heterocycles. The van der Waals surface area contributed by atoms with Crippen molar-refractivity contribution in [1.29, 1.82) is 0 Å². The van der Waals surface area contributed by atoms with Crippen LogP contribution in [0.25, 0.3) is 0 Å². The van der Waals surface area contributed by atoms with Crippen molar-refractivity contribution < 1.29 is 14.4 Å². The normalized spacial score (nSPS) is 21.7. The zero-order valence-electron chi connectivity index (χ0n) is 19.1. The number of carbonyl (C=O) groups excluding carboxylic acids is 3. The minimum absolute atomic E-state index is 0.121. The van der Waals surface area contributed by atoms with Crippen LogP contribution in [0.3, 0.4) is 0 Å². The molecule has 0 radical (unpaired) electrons. The molecule has 2 aliphatic heterocycles. The van der Waals surface area contributed by atoms with Crippen molar-refractivity contribution in [2.45, 2.75) is 57.2 Å². The molecule has 0 unspecified atom stereocenters. The van der Waals surface area contributed by atoms with Crippen LogP contribution < -0.4 is 10.6 Å². The Bertz CT molecular complexity index is 844. The molecule has 1 spiro atoms. The van der Waals surface area contributed by atoms with Crippen molar-refractivity contribution in [2.24, 2.45) is 0 Å². The zero-order valence-corrected chi connectivity index (χ0v) is 19.1. The van der Waals surface area contributed by atoms with Crippen LogP contribution in [0, 0.1) is 0 Å². The first kappa shape index (κ1) is 22.7. The van der Waals surface area contributed by atoms with Gasteiger partial charge < -0.3 is 15.5 Å². The lowest BCUT2D eigenvalue weighted by Crippen LogP contribution is -2.48. The van der Waals surface area contributed by atoms with Crippen molar-refractivity contribution >= 4 is 17.8 Å². The number of imide groups is 1. The van der Waals surface area contributed by atoms with Gasteiger partial charge in [-0.3, -0.25) is 19.4 Å². The van der Waals surface area contributed by atoms with Gasteiger partial charge in [-0.25, -0.2) is 4.79 Å². The molecular formula is C24H35N5O3. The average Bonchev–Trinajstić information content (AvgIpc) is 3.02. The van der Waals surface area contributed by atoms with E-state index in [4.69, 9.17) is 0 Å². The van der Waals surface area contributed by atoms with Gasteiger partial charge in [0, 0.05) is 52.2 Å². The standard InChI is InChI=1S/C24H35N5O3/c1-27-12-14-28(15-13-27)18-20-7-5-6-19(16-20)17-25-21(30)8-11-29-22(31)24(26-23(29)32)9-3-2-4-10-24/h5-7,16H,2-4,8-15,17-18H2,1H3,(H,25,30)(H,26,32). The molecule has 8 nitrogen and oxygen atoms in total. The van der Waals surface area contributed by atoms with Crippen molar-refractivity contribution in [1.82, 2.24) is 25.3 Å². The highest BCUT2D eigenvalue weighted by Crippen LogP contribution is 2.33. The van der Waals surface area contributed by atoms with Gasteiger partial charge in [0.1, 0.15) is 5.54 Å². The fourth-order valence-corrected chi connectivity index (χ4v) is 4.98. The minimum Gasteiger partial charge on any atom is -0.352 e. The Labute approximate surface area is 190 Å². The van der Waals surface area contributed by atoms with Crippen LogP contribution in [-0.2, 0) is 22.7 Å². The Morgan fingerprint density at radius 3 is 2.53 bits per heavy atom. The van der Waals surface area contributed by atoms with Gasteiger partial charge >= 0.3 is 6.03 Å². The molecule has 0 bridgehead atoms. The number of amides is 4. The van der Waals surface area contributed by atoms with Gasteiger partial charge in [-0.1, -0.05) is 43.5 Å². The predicted octanol–water partition coefficient (Wildman–Crippen LogP) is 1.70. The van der Waals surface area contributed by atoms with Crippen molar-refractivity contribution in [2.75, 3.05) is 39.8 Å². The summed E-state index contributed by atoms with van der Waals surface area (Å²) >= 11 is 0. The second kappa shape index (κ2) is 10.0. The van der Waals surface area contributed by atoms with Gasteiger partial charge in [0.15, 0.2) is 0 Å². The van der Waals surface area contributed by atoms with E-state index in [1.807, 2.05) is 12.1 Å². The molecular weight excluding hydrogens is 406 g/mol. The van der Waals surface area contributed by atoms with Gasteiger partial charge in [-0.15, -0.1) is 0 Å². The second-order valence-corrected chi connectivity index (χ2v) is 9.46. The van der Waals surface area contributed by atoms with Gasteiger partial charge in [0.25, 0.3) is 5.91 Å². The quantitative estimate of drug-likeness (QED) is 0.629. The maximum Gasteiger partial charge on any atom is 0.325 e. The van der Waals surface area contributed by atoms with Gasteiger partial charge in [-0.2, -0.15) is 0 Å². The minimum atomic E-state index is -0.726. The summed E-state index contributed by atoms with van der Waals surface area (Å²) in [5, 5.41) is 5.82. The van der Waals surface area contributed by atoms with Crippen LogP contribution in [0.5, 0.6) is 0 Å². The van der Waals surface area contributed by atoms with Crippen LogP contribution in [-0.4, -0.2) is 77.9 Å². The maximum absolute atomic E-state index is 12.8. The summed E-state index contributed by atoms with van der Waals surface area (Å²) in [5.74, 6) is -0.314. The first-order chi connectivity index (χ1) is 15.4. The highest BCUT2D eigenvalue weighted by molar-refractivity contribution is 6.07. The number of rotatable bonds is 7. The van der Waals surface area contributed by atoms with E-state index >= 15 is 0 Å². The lowest BCUT2D eigenvalue weighted by molar-refractivity contribution is -0.132. The molecule has 174 valence electrons. The summed E-state index contributed by atoms with van der Waals surface area (Å²) in [6, 6.07) is 7.95. The molecule has 0 aromatic heterocycles. The third-order valence-corrected chi connectivity index (χ3v) is 7.00. The highest BCUT2D eigenvalue weighted by atomic mass is 16.2. The summed E-state index contributed by atoms with van der Waals surface area (Å²) in [6.07, 6.45) is 4.53. The third kappa shape index (κ3) is 5.30. The molecule has 3 aliphatic rings. The first-order valence-electron chi connectivity index (χ1n) is 11.8. The van der Waals surface area contributed by atoms with Crippen molar-refractivity contribution in [3.63, 3.8) is 0 Å². The van der Waals surface area contributed by atoms with E-state index < -0.39 is 5.54 Å². The summed E-state index contributed by atoms with van der Waals surface area (Å²) in [4.78, 5) is 43.5. The number of nitrogens with zero attached hydrogens (tertiary/aromatic N) is 3. The summed E-state index contributed by atoms with van der Waals surface area (Å²) in [5.41, 5.74) is 1.58. The third-order valence-electron chi connectivity index (χ3n) is 7.00. The number of likely N-dealkylation sites (N-methyl/N-ethyl adjacent to an activating group) is 1. The largest absolute Gasteiger partial charge is 0.352 e. The topological polar surface area (TPSA) is 85.0 Å².